The monoisotopic (exact) mass is 383 g/mol. The van der Waals surface area contributed by atoms with Crippen molar-refractivity contribution in [3.05, 3.63) is 53.8 Å². The van der Waals surface area contributed by atoms with Gasteiger partial charge in [0.25, 0.3) is 11.8 Å². The molecule has 0 saturated carbocycles. The minimum atomic E-state index is -0.714. The maximum absolute atomic E-state index is 12.7. The second kappa shape index (κ2) is 6.47. The van der Waals surface area contributed by atoms with Gasteiger partial charge in [-0.2, -0.15) is 0 Å². The van der Waals surface area contributed by atoms with Crippen LogP contribution in [-0.4, -0.2) is 23.1 Å². The molecule has 0 saturated heterocycles. The maximum atomic E-state index is 12.7. The third-order valence-corrected chi connectivity index (χ3v) is 5.52. The van der Waals surface area contributed by atoms with Crippen LogP contribution < -0.4 is 11.1 Å². The predicted molar refractivity (Wildman–Crippen MR) is 104 cm³/mol. The van der Waals surface area contributed by atoms with Gasteiger partial charge in [0.1, 0.15) is 5.58 Å². The number of para-hydroxylation sites is 1. The summed E-state index contributed by atoms with van der Waals surface area (Å²) in [4.78, 5) is 30.0. The third kappa shape index (κ3) is 2.83. The zero-order valence-corrected chi connectivity index (χ0v) is 15.2. The van der Waals surface area contributed by atoms with Gasteiger partial charge in [0, 0.05) is 10.3 Å². The van der Waals surface area contributed by atoms with Crippen molar-refractivity contribution in [2.75, 3.05) is 11.6 Å². The lowest BCUT2D eigenvalue weighted by Gasteiger charge is -1.99. The number of hydrogen-bond acceptors (Lipinski definition) is 6. The van der Waals surface area contributed by atoms with Crippen molar-refractivity contribution in [1.29, 1.82) is 0 Å². The number of carbonyl (C=O) groups excluding carboxylic acids is 2. The van der Waals surface area contributed by atoms with Gasteiger partial charge < -0.3 is 10.2 Å². The number of thioether (sulfide) groups is 1. The highest BCUT2D eigenvalue weighted by Crippen LogP contribution is 2.31. The molecule has 0 spiro atoms. The van der Waals surface area contributed by atoms with Gasteiger partial charge in [-0.15, -0.1) is 11.8 Å². The van der Waals surface area contributed by atoms with Crippen LogP contribution in [0.25, 0.3) is 21.2 Å². The molecule has 0 aliphatic rings. The van der Waals surface area contributed by atoms with Crippen LogP contribution in [0.15, 0.2) is 51.8 Å². The van der Waals surface area contributed by atoms with Crippen LogP contribution in [-0.2, 0) is 0 Å². The van der Waals surface area contributed by atoms with Crippen molar-refractivity contribution in [2.24, 2.45) is 5.73 Å². The van der Waals surface area contributed by atoms with Crippen molar-refractivity contribution in [3.63, 3.8) is 0 Å². The average Bonchev–Trinajstić information content (AvgIpc) is 3.21. The summed E-state index contributed by atoms with van der Waals surface area (Å²) in [5, 5.41) is 3.64. The summed E-state index contributed by atoms with van der Waals surface area (Å²) in [7, 11) is 0. The van der Waals surface area contributed by atoms with Crippen LogP contribution in [0.4, 0.5) is 5.13 Å². The van der Waals surface area contributed by atoms with E-state index in [4.69, 9.17) is 10.2 Å². The normalized spacial score (nSPS) is 11.1. The first-order chi connectivity index (χ1) is 12.6. The molecule has 8 heteroatoms. The van der Waals surface area contributed by atoms with E-state index in [0.717, 1.165) is 15.1 Å². The molecular weight excluding hydrogens is 370 g/mol. The number of amides is 2. The molecule has 0 atom stereocenters. The largest absolute Gasteiger partial charge is 0.450 e. The molecular formula is C18H13N3O3S2. The summed E-state index contributed by atoms with van der Waals surface area (Å²) in [6.07, 6.45) is 2.00. The molecule has 0 aliphatic heterocycles. The number of aromatic nitrogens is 1. The minimum absolute atomic E-state index is 0.0730. The van der Waals surface area contributed by atoms with Crippen LogP contribution >= 0.6 is 23.1 Å². The Balaban J connectivity index is 1.71. The molecule has 0 aliphatic carbocycles. The zero-order valence-electron chi connectivity index (χ0n) is 13.6. The molecule has 2 heterocycles. The fourth-order valence-electron chi connectivity index (χ4n) is 2.69. The van der Waals surface area contributed by atoms with Crippen molar-refractivity contribution in [2.45, 2.75) is 4.90 Å². The van der Waals surface area contributed by atoms with Crippen LogP contribution in [0.1, 0.15) is 20.9 Å². The quantitative estimate of drug-likeness (QED) is 0.517. The molecule has 130 valence electrons. The Hall–Kier alpha value is -2.84. The van der Waals surface area contributed by atoms with Crippen molar-refractivity contribution in [3.8, 4) is 0 Å². The lowest BCUT2D eigenvalue weighted by atomic mass is 10.1. The fourth-order valence-corrected chi connectivity index (χ4v) is 4.10. The molecule has 6 nitrogen and oxygen atoms in total. The predicted octanol–water partition coefficient (Wildman–Crippen LogP) is 4.12. The van der Waals surface area contributed by atoms with Crippen LogP contribution in [0, 0.1) is 0 Å². The molecule has 0 bridgehead atoms. The van der Waals surface area contributed by atoms with Gasteiger partial charge in [-0.05, 0) is 30.5 Å². The minimum Gasteiger partial charge on any atom is -0.450 e. The summed E-state index contributed by atoms with van der Waals surface area (Å²) in [6.45, 7) is 0. The van der Waals surface area contributed by atoms with Gasteiger partial charge in [-0.3, -0.25) is 14.9 Å². The number of anilines is 1. The van der Waals surface area contributed by atoms with Crippen LogP contribution in [0.3, 0.4) is 0 Å². The number of benzene rings is 2. The van der Waals surface area contributed by atoms with E-state index in [1.54, 1.807) is 36.0 Å². The van der Waals surface area contributed by atoms with Crippen LogP contribution in [0.5, 0.6) is 0 Å². The average molecular weight is 383 g/mol. The number of thiazole rings is 1. The Kier molecular flexibility index (Phi) is 4.14. The number of fused-ring (bicyclic) bond motifs is 2. The van der Waals surface area contributed by atoms with Crippen molar-refractivity contribution in [1.82, 2.24) is 4.98 Å². The van der Waals surface area contributed by atoms with E-state index in [-0.39, 0.29) is 11.3 Å². The lowest BCUT2D eigenvalue weighted by Crippen LogP contribution is -2.18. The number of furan rings is 1. The fraction of sp³-hybridized carbons (Fsp3) is 0.0556. The summed E-state index contributed by atoms with van der Waals surface area (Å²) < 4.78 is 6.53. The van der Waals surface area contributed by atoms with Gasteiger partial charge in [-0.1, -0.05) is 29.5 Å². The number of nitrogens with zero attached hydrogens (tertiary/aromatic N) is 1. The first kappa shape index (κ1) is 16.6. The molecule has 2 aromatic carbocycles. The number of hydrogen-bond donors (Lipinski definition) is 2. The summed E-state index contributed by atoms with van der Waals surface area (Å²) in [5.74, 6) is -1.38. The van der Waals surface area contributed by atoms with Gasteiger partial charge in [0.05, 0.1) is 15.8 Å². The summed E-state index contributed by atoms with van der Waals surface area (Å²) in [5.41, 5.74) is 6.75. The lowest BCUT2D eigenvalue weighted by molar-refractivity contribution is 0.0963. The second-order valence-electron chi connectivity index (χ2n) is 5.47. The van der Waals surface area contributed by atoms with Gasteiger partial charge in [0.2, 0.25) is 5.76 Å². The molecule has 0 fully saturated rings. The first-order valence-electron chi connectivity index (χ1n) is 7.64. The second-order valence-corrected chi connectivity index (χ2v) is 7.38. The van der Waals surface area contributed by atoms with Gasteiger partial charge >= 0.3 is 0 Å². The SMILES string of the molecule is CSc1ccc2nc(NC(=O)c3oc4ccccc4c3C(N)=O)sc2c1. The highest BCUT2D eigenvalue weighted by atomic mass is 32.2. The Bertz CT molecular complexity index is 1160. The highest BCUT2D eigenvalue weighted by molar-refractivity contribution is 7.98. The summed E-state index contributed by atoms with van der Waals surface area (Å²) >= 11 is 2.99. The molecule has 26 heavy (non-hydrogen) atoms. The Morgan fingerprint density at radius 3 is 2.81 bits per heavy atom. The number of nitrogens with one attached hydrogen (secondary N) is 1. The summed E-state index contributed by atoms with van der Waals surface area (Å²) in [6, 6.07) is 12.8. The topological polar surface area (TPSA) is 98.2 Å². The maximum Gasteiger partial charge on any atom is 0.294 e. The number of rotatable bonds is 4. The number of nitrogens with two attached hydrogens (primary N) is 1. The molecule has 3 N–H and O–H groups in total. The van der Waals surface area contributed by atoms with E-state index >= 15 is 0 Å². The molecule has 0 radical (unpaired) electrons. The Morgan fingerprint density at radius 1 is 1.23 bits per heavy atom. The van der Waals surface area contributed by atoms with Gasteiger partial charge in [0.15, 0.2) is 5.13 Å². The molecule has 2 aromatic heterocycles. The van der Waals surface area contributed by atoms with E-state index < -0.39 is 11.8 Å². The standard InChI is InChI=1S/C18H13N3O3S2/c1-25-9-6-7-11-13(8-9)26-18(20-11)21-17(23)15-14(16(19)22)10-4-2-3-5-12(10)24-15/h2-8H,1H3,(H2,19,22)(H,20,21,23). The van der Waals surface area contributed by atoms with E-state index in [0.29, 0.717) is 16.1 Å². The highest BCUT2D eigenvalue weighted by Gasteiger charge is 2.24. The van der Waals surface area contributed by atoms with Crippen molar-refractivity contribution >= 4 is 61.2 Å². The van der Waals surface area contributed by atoms with E-state index in [1.807, 2.05) is 24.5 Å². The molecule has 0 unspecified atom stereocenters. The zero-order chi connectivity index (χ0) is 18.3. The molecule has 2 amide bonds. The van der Waals surface area contributed by atoms with E-state index in [2.05, 4.69) is 10.3 Å². The molecule has 4 rings (SSSR count). The smallest absolute Gasteiger partial charge is 0.294 e. The van der Waals surface area contributed by atoms with Crippen LogP contribution in [0.2, 0.25) is 0 Å². The Labute approximate surface area is 156 Å². The third-order valence-electron chi connectivity index (χ3n) is 3.86. The van der Waals surface area contributed by atoms with Crippen molar-refractivity contribution < 1.29 is 14.0 Å². The first-order valence-corrected chi connectivity index (χ1v) is 9.68. The number of primary amides is 1. The van der Waals surface area contributed by atoms with E-state index in [9.17, 15) is 9.59 Å². The van der Waals surface area contributed by atoms with Gasteiger partial charge in [-0.25, -0.2) is 4.98 Å². The molecule has 4 aromatic rings. The Morgan fingerprint density at radius 2 is 2.04 bits per heavy atom. The number of carbonyl (C=O) groups is 2. The van der Waals surface area contributed by atoms with E-state index in [1.165, 1.54) is 11.3 Å².